The van der Waals surface area contributed by atoms with Crippen molar-refractivity contribution in [3.05, 3.63) is 18.7 Å². The molecule has 15 heavy (non-hydrogen) atoms. The molecule has 0 aliphatic heterocycles. The lowest BCUT2D eigenvalue weighted by atomic mass is 10.3. The number of nitrogens with one attached hydrogen (secondary N) is 1. The second kappa shape index (κ2) is 6.09. The van der Waals surface area contributed by atoms with E-state index in [1.165, 1.54) is 11.8 Å². The molecule has 1 aromatic heterocycles. The maximum absolute atomic E-state index is 8.47. The zero-order chi connectivity index (χ0) is 11.1. The highest BCUT2D eigenvalue weighted by atomic mass is 32.2. The van der Waals surface area contributed by atoms with Crippen molar-refractivity contribution in [2.24, 2.45) is 4.99 Å². The number of hydrogen-bond donors (Lipinski definition) is 1. The molecule has 0 aliphatic carbocycles. The van der Waals surface area contributed by atoms with E-state index >= 15 is 0 Å². The van der Waals surface area contributed by atoms with Gasteiger partial charge in [0.05, 0.1) is 12.4 Å². The summed E-state index contributed by atoms with van der Waals surface area (Å²) < 4.78 is 1.96. The molecule has 1 N–H and O–H groups in total. The monoisotopic (exact) mass is 223 g/mol. The molecule has 80 valence electrons. The lowest BCUT2D eigenvalue weighted by Gasteiger charge is -2.08. The topological polar surface area (TPSA) is 66.0 Å². The molecule has 0 aliphatic rings. The van der Waals surface area contributed by atoms with Crippen molar-refractivity contribution in [1.82, 2.24) is 14.9 Å². The maximum Gasteiger partial charge on any atom is 0.183 e. The minimum absolute atomic E-state index is 0.113. The van der Waals surface area contributed by atoms with Gasteiger partial charge in [-0.25, -0.2) is 4.98 Å². The Hall–Kier alpha value is -1.48. The van der Waals surface area contributed by atoms with E-state index < -0.39 is 0 Å². The van der Waals surface area contributed by atoms with E-state index in [9.17, 15) is 0 Å². The van der Waals surface area contributed by atoms with Crippen LogP contribution in [0.4, 0.5) is 0 Å². The Kier molecular flexibility index (Phi) is 4.71. The van der Waals surface area contributed by atoms with Crippen molar-refractivity contribution < 1.29 is 0 Å². The smallest absolute Gasteiger partial charge is 0.183 e. The molecule has 0 radical (unpaired) electrons. The number of imidazole rings is 1. The summed E-state index contributed by atoms with van der Waals surface area (Å²) in [5.74, 6) is 0. The number of nitrogens with zero attached hydrogens (tertiary/aromatic N) is 4. The first kappa shape index (κ1) is 11.6. The third-order valence-corrected chi connectivity index (χ3v) is 2.32. The van der Waals surface area contributed by atoms with Gasteiger partial charge in [-0.3, -0.25) is 10.3 Å². The molecule has 0 aromatic carbocycles. The lowest BCUT2D eigenvalue weighted by Crippen LogP contribution is -2.18. The van der Waals surface area contributed by atoms with Gasteiger partial charge in [-0.15, -0.1) is 0 Å². The Morgan fingerprint density at radius 3 is 3.13 bits per heavy atom. The molecule has 5 nitrogen and oxygen atoms in total. The van der Waals surface area contributed by atoms with Gasteiger partial charge in [0.1, 0.15) is 0 Å². The number of hydrogen-bond acceptors (Lipinski definition) is 4. The molecule has 1 atom stereocenters. The Labute approximate surface area is 93.2 Å². The number of thioether (sulfide) groups is 1. The van der Waals surface area contributed by atoms with Crippen LogP contribution in [0.1, 0.15) is 6.92 Å². The molecule has 0 saturated carbocycles. The van der Waals surface area contributed by atoms with Crippen LogP contribution < -0.4 is 5.32 Å². The molecule has 1 unspecified atom stereocenters. The van der Waals surface area contributed by atoms with E-state index in [0.29, 0.717) is 5.17 Å². The summed E-state index contributed by atoms with van der Waals surface area (Å²) in [5, 5.41) is 11.6. The van der Waals surface area contributed by atoms with E-state index in [4.69, 9.17) is 5.26 Å². The summed E-state index contributed by atoms with van der Waals surface area (Å²) in [7, 11) is 0. The Bertz CT molecular complexity index is 351. The lowest BCUT2D eigenvalue weighted by molar-refractivity contribution is 0.591. The van der Waals surface area contributed by atoms with E-state index in [2.05, 4.69) is 15.3 Å². The quantitative estimate of drug-likeness (QED) is 0.360. The van der Waals surface area contributed by atoms with Crippen LogP contribution in [0.3, 0.4) is 0 Å². The molecular formula is C9H13N5S. The molecule has 6 heteroatoms. The van der Waals surface area contributed by atoms with E-state index in [-0.39, 0.29) is 6.04 Å². The van der Waals surface area contributed by atoms with Gasteiger partial charge in [0.25, 0.3) is 0 Å². The van der Waals surface area contributed by atoms with Crippen LogP contribution in [0.5, 0.6) is 0 Å². The Morgan fingerprint density at radius 1 is 1.80 bits per heavy atom. The van der Waals surface area contributed by atoms with E-state index in [1.54, 1.807) is 12.5 Å². The zero-order valence-electron chi connectivity index (χ0n) is 8.71. The van der Waals surface area contributed by atoms with Crippen LogP contribution in [0, 0.1) is 11.5 Å². The van der Waals surface area contributed by atoms with Gasteiger partial charge in [-0.1, -0.05) is 11.8 Å². The van der Waals surface area contributed by atoms with Crippen molar-refractivity contribution in [3.63, 3.8) is 0 Å². The predicted molar refractivity (Wildman–Crippen MR) is 61.4 cm³/mol. The van der Waals surface area contributed by atoms with Crippen molar-refractivity contribution in [2.45, 2.75) is 19.5 Å². The van der Waals surface area contributed by atoms with Gasteiger partial charge < -0.3 is 4.57 Å². The molecular weight excluding hydrogens is 210 g/mol. The van der Waals surface area contributed by atoms with Gasteiger partial charge >= 0.3 is 0 Å². The van der Waals surface area contributed by atoms with Crippen molar-refractivity contribution >= 4 is 16.9 Å². The molecule has 0 fully saturated rings. The second-order valence-corrected chi connectivity index (χ2v) is 3.78. The minimum atomic E-state index is 0.113. The molecule has 1 aromatic rings. The van der Waals surface area contributed by atoms with Crippen LogP contribution >= 0.6 is 11.8 Å². The van der Waals surface area contributed by atoms with Crippen LogP contribution in [0.25, 0.3) is 0 Å². The van der Waals surface area contributed by atoms with Crippen molar-refractivity contribution in [2.75, 3.05) is 6.26 Å². The number of rotatable bonds is 3. The summed E-state index contributed by atoms with van der Waals surface area (Å²) in [5.41, 5.74) is 0. The molecule has 0 bridgehead atoms. The second-order valence-electron chi connectivity index (χ2n) is 2.98. The molecule has 0 saturated heterocycles. The Balaban J connectivity index is 2.53. The number of amidine groups is 1. The van der Waals surface area contributed by atoms with Crippen LogP contribution in [0.2, 0.25) is 0 Å². The number of aliphatic imine (C=N–C) groups is 1. The van der Waals surface area contributed by atoms with Gasteiger partial charge in [0.15, 0.2) is 11.4 Å². The molecule has 0 amide bonds. The van der Waals surface area contributed by atoms with Gasteiger partial charge in [-0.05, 0) is 13.2 Å². The zero-order valence-corrected chi connectivity index (χ0v) is 9.53. The third-order valence-electron chi connectivity index (χ3n) is 1.73. The van der Waals surface area contributed by atoms with Crippen LogP contribution in [-0.2, 0) is 6.54 Å². The van der Waals surface area contributed by atoms with Crippen LogP contribution in [0.15, 0.2) is 23.7 Å². The third kappa shape index (κ3) is 4.04. The molecule has 0 spiro atoms. The highest BCUT2D eigenvalue weighted by molar-refractivity contribution is 8.13. The average Bonchev–Trinajstić information content (AvgIpc) is 2.69. The fourth-order valence-corrected chi connectivity index (χ4v) is 1.56. The molecule has 1 heterocycles. The van der Waals surface area contributed by atoms with Crippen molar-refractivity contribution in [1.29, 1.82) is 5.26 Å². The summed E-state index contributed by atoms with van der Waals surface area (Å²) in [6, 6.07) is 0.113. The van der Waals surface area contributed by atoms with E-state index in [1.807, 2.05) is 30.1 Å². The number of nitriles is 1. The van der Waals surface area contributed by atoms with Gasteiger partial charge in [-0.2, -0.15) is 5.26 Å². The van der Waals surface area contributed by atoms with Gasteiger partial charge in [0.2, 0.25) is 0 Å². The standard InChI is InChI=1S/C9H13N5S/c1-8(5-14-4-3-11-7-14)13-9(15-2)12-6-10/h3-4,7-8H,5H2,1-2H3,(H,12,13). The maximum atomic E-state index is 8.47. The molecule has 1 rings (SSSR count). The SMILES string of the molecule is CSC(=NC(C)Cn1ccnc1)NC#N. The number of aromatic nitrogens is 2. The van der Waals surface area contributed by atoms with E-state index in [0.717, 1.165) is 6.54 Å². The normalized spacial score (nSPS) is 13.3. The summed E-state index contributed by atoms with van der Waals surface area (Å²) >= 11 is 1.43. The summed E-state index contributed by atoms with van der Waals surface area (Å²) in [6.45, 7) is 2.76. The van der Waals surface area contributed by atoms with Crippen molar-refractivity contribution in [3.8, 4) is 6.19 Å². The average molecular weight is 223 g/mol. The first-order chi connectivity index (χ1) is 7.26. The van der Waals surface area contributed by atoms with Crippen LogP contribution in [-0.4, -0.2) is 27.0 Å². The predicted octanol–water partition coefficient (Wildman–Crippen LogP) is 1.06. The largest absolute Gasteiger partial charge is 0.335 e. The van der Waals surface area contributed by atoms with Gasteiger partial charge in [0, 0.05) is 18.9 Å². The summed E-state index contributed by atoms with van der Waals surface area (Å²) in [4.78, 5) is 8.31. The fourth-order valence-electron chi connectivity index (χ4n) is 1.12. The first-order valence-electron chi connectivity index (χ1n) is 4.49. The first-order valence-corrected chi connectivity index (χ1v) is 5.71. The minimum Gasteiger partial charge on any atom is -0.335 e. The Morgan fingerprint density at radius 2 is 2.60 bits per heavy atom. The fraction of sp³-hybridized carbons (Fsp3) is 0.444. The summed E-state index contributed by atoms with van der Waals surface area (Å²) in [6.07, 6.45) is 9.12. The highest BCUT2D eigenvalue weighted by Crippen LogP contribution is 2.01. The highest BCUT2D eigenvalue weighted by Gasteiger charge is 2.02.